The maximum absolute atomic E-state index is 13.4. The van der Waals surface area contributed by atoms with E-state index < -0.39 is 14.9 Å². The summed E-state index contributed by atoms with van der Waals surface area (Å²) in [5, 5.41) is 11.5. The quantitative estimate of drug-likeness (QED) is 0.585. The molecule has 0 unspecified atom stereocenters. The molecule has 0 amide bonds. The Morgan fingerprint density at radius 3 is 2.36 bits per heavy atom. The number of sulfonamides is 1. The molecule has 0 aliphatic carbocycles. The lowest BCUT2D eigenvalue weighted by Gasteiger charge is -2.19. The molecule has 0 spiro atoms. The highest BCUT2D eigenvalue weighted by Crippen LogP contribution is 2.38. The summed E-state index contributed by atoms with van der Waals surface area (Å²) < 4.78 is 28.0. The van der Waals surface area contributed by atoms with Gasteiger partial charge in [0, 0.05) is 25.1 Å². The van der Waals surface area contributed by atoms with Crippen molar-refractivity contribution in [3.63, 3.8) is 0 Å². The van der Waals surface area contributed by atoms with Gasteiger partial charge in [0.1, 0.15) is 0 Å². The summed E-state index contributed by atoms with van der Waals surface area (Å²) in [7, 11) is -4.02. The van der Waals surface area contributed by atoms with Crippen LogP contribution in [-0.4, -0.2) is 37.3 Å². The van der Waals surface area contributed by atoms with Crippen LogP contribution < -0.4 is 5.73 Å². The number of rotatable bonds is 5. The van der Waals surface area contributed by atoms with Gasteiger partial charge in [0.2, 0.25) is 10.0 Å². The van der Waals surface area contributed by atoms with Crippen LogP contribution in [0.1, 0.15) is 22.6 Å². The first-order valence-corrected chi connectivity index (χ1v) is 10.2. The molecule has 0 saturated carbocycles. The van der Waals surface area contributed by atoms with Gasteiger partial charge in [-0.2, -0.15) is 4.31 Å². The van der Waals surface area contributed by atoms with Gasteiger partial charge < -0.3 is 5.73 Å². The minimum absolute atomic E-state index is 0. The minimum Gasteiger partial charge on any atom is -0.330 e. The summed E-state index contributed by atoms with van der Waals surface area (Å²) in [6, 6.07) is 12.5. The summed E-state index contributed by atoms with van der Waals surface area (Å²) in [4.78, 5) is 10.6. The standard InChI is InChI=1S/C19H23N3O4S.ClH/c1-13-8-9-18(22(23)24)19(14(13)2)27(25,26)21-11-16(10-20)17(12-21)15-6-4-3-5-7-15;/h3-9,16-17H,10-12,20H2,1-2H3;1H/t16-,17+;/m1./s1. The summed E-state index contributed by atoms with van der Waals surface area (Å²) in [5.74, 6) is -0.0681. The normalized spacial score (nSPS) is 20.0. The maximum atomic E-state index is 13.4. The molecule has 2 N–H and O–H groups in total. The molecule has 3 rings (SSSR count). The van der Waals surface area contributed by atoms with Crippen molar-refractivity contribution in [1.29, 1.82) is 0 Å². The molecule has 0 aromatic heterocycles. The Morgan fingerprint density at radius 1 is 1.14 bits per heavy atom. The SMILES string of the molecule is Cc1ccc([N+](=O)[O-])c(S(=O)(=O)N2C[C@@H](CN)[C@H](c3ccccc3)C2)c1C.Cl. The Morgan fingerprint density at radius 2 is 1.79 bits per heavy atom. The van der Waals surface area contributed by atoms with E-state index in [1.807, 2.05) is 30.3 Å². The van der Waals surface area contributed by atoms with Gasteiger partial charge in [0.05, 0.1) is 4.92 Å². The number of nitro benzene ring substituents is 1. The van der Waals surface area contributed by atoms with E-state index in [4.69, 9.17) is 5.73 Å². The molecule has 2 atom stereocenters. The monoisotopic (exact) mass is 425 g/mol. The molecule has 1 fully saturated rings. The Kier molecular flexibility index (Phi) is 6.82. The van der Waals surface area contributed by atoms with Crippen LogP contribution in [0.25, 0.3) is 0 Å². The zero-order chi connectivity index (χ0) is 19.8. The van der Waals surface area contributed by atoms with Crippen LogP contribution in [0.15, 0.2) is 47.4 Å². The van der Waals surface area contributed by atoms with Crippen molar-refractivity contribution in [1.82, 2.24) is 4.31 Å². The second-order valence-corrected chi connectivity index (χ2v) is 8.82. The van der Waals surface area contributed by atoms with Gasteiger partial charge in [-0.1, -0.05) is 36.4 Å². The highest BCUT2D eigenvalue weighted by molar-refractivity contribution is 7.89. The predicted molar refractivity (Wildman–Crippen MR) is 110 cm³/mol. The molecule has 2 aromatic rings. The third-order valence-corrected chi connectivity index (χ3v) is 7.40. The van der Waals surface area contributed by atoms with Gasteiger partial charge in [-0.05, 0) is 43.0 Å². The lowest BCUT2D eigenvalue weighted by molar-refractivity contribution is -0.388. The minimum atomic E-state index is -4.02. The lowest BCUT2D eigenvalue weighted by atomic mass is 9.89. The van der Waals surface area contributed by atoms with Crippen LogP contribution in [0.5, 0.6) is 0 Å². The van der Waals surface area contributed by atoms with E-state index in [1.54, 1.807) is 19.9 Å². The van der Waals surface area contributed by atoms with Crippen molar-refractivity contribution >= 4 is 28.1 Å². The number of nitrogens with two attached hydrogens (primary N) is 1. The highest BCUT2D eigenvalue weighted by Gasteiger charge is 2.42. The average molecular weight is 426 g/mol. The maximum Gasteiger partial charge on any atom is 0.289 e. The number of aryl methyl sites for hydroxylation is 1. The first kappa shape index (κ1) is 22.3. The van der Waals surface area contributed by atoms with Crippen molar-refractivity contribution in [3.05, 3.63) is 69.3 Å². The number of benzene rings is 2. The molecule has 152 valence electrons. The first-order valence-electron chi connectivity index (χ1n) is 8.77. The van der Waals surface area contributed by atoms with E-state index in [-0.39, 0.29) is 47.9 Å². The van der Waals surface area contributed by atoms with Gasteiger partial charge in [0.15, 0.2) is 4.90 Å². The number of nitrogens with zero attached hydrogens (tertiary/aromatic N) is 2. The molecular weight excluding hydrogens is 402 g/mol. The molecule has 0 radical (unpaired) electrons. The summed E-state index contributed by atoms with van der Waals surface area (Å²) in [6.45, 7) is 4.22. The van der Waals surface area contributed by atoms with Crippen molar-refractivity contribution in [2.45, 2.75) is 24.7 Å². The van der Waals surface area contributed by atoms with Crippen molar-refractivity contribution in [3.8, 4) is 0 Å². The fourth-order valence-electron chi connectivity index (χ4n) is 3.72. The summed E-state index contributed by atoms with van der Waals surface area (Å²) >= 11 is 0. The van der Waals surface area contributed by atoms with Gasteiger partial charge in [0.25, 0.3) is 5.69 Å². The van der Waals surface area contributed by atoms with Crippen LogP contribution in [0.3, 0.4) is 0 Å². The Bertz CT molecular complexity index is 967. The Hall–Kier alpha value is -2.00. The average Bonchev–Trinajstić information content (AvgIpc) is 3.09. The first-order chi connectivity index (χ1) is 12.8. The zero-order valence-corrected chi connectivity index (χ0v) is 17.4. The van der Waals surface area contributed by atoms with E-state index >= 15 is 0 Å². The van der Waals surface area contributed by atoms with E-state index in [0.29, 0.717) is 17.7 Å². The number of halogens is 1. The second kappa shape index (κ2) is 8.57. The van der Waals surface area contributed by atoms with Crippen LogP contribution in [0.2, 0.25) is 0 Å². The number of hydrogen-bond donors (Lipinski definition) is 1. The smallest absolute Gasteiger partial charge is 0.289 e. The largest absolute Gasteiger partial charge is 0.330 e. The van der Waals surface area contributed by atoms with E-state index in [9.17, 15) is 18.5 Å². The third-order valence-electron chi connectivity index (χ3n) is 5.39. The Balaban J connectivity index is 0.00000280. The Labute approximate surface area is 171 Å². The van der Waals surface area contributed by atoms with Gasteiger partial charge in [-0.25, -0.2) is 8.42 Å². The van der Waals surface area contributed by atoms with E-state index in [0.717, 1.165) is 5.56 Å². The molecule has 1 aliphatic heterocycles. The highest BCUT2D eigenvalue weighted by atomic mass is 35.5. The van der Waals surface area contributed by atoms with Crippen molar-refractivity contribution in [2.24, 2.45) is 11.7 Å². The van der Waals surface area contributed by atoms with Crippen LogP contribution in [-0.2, 0) is 10.0 Å². The topological polar surface area (TPSA) is 107 Å². The number of nitro groups is 1. The van der Waals surface area contributed by atoms with Crippen LogP contribution in [0.4, 0.5) is 5.69 Å². The fraction of sp³-hybridized carbons (Fsp3) is 0.368. The van der Waals surface area contributed by atoms with Crippen molar-refractivity contribution in [2.75, 3.05) is 19.6 Å². The molecule has 1 heterocycles. The number of hydrogen-bond acceptors (Lipinski definition) is 5. The molecule has 9 heteroatoms. The van der Waals surface area contributed by atoms with Crippen LogP contribution >= 0.6 is 12.4 Å². The molecule has 1 saturated heterocycles. The molecule has 7 nitrogen and oxygen atoms in total. The van der Waals surface area contributed by atoms with E-state index in [2.05, 4.69) is 0 Å². The third kappa shape index (κ3) is 3.91. The predicted octanol–water partition coefficient (Wildman–Crippen LogP) is 3.00. The fourth-order valence-corrected chi connectivity index (χ4v) is 5.68. The molecule has 0 bridgehead atoms. The molecular formula is C19H24ClN3O4S. The van der Waals surface area contributed by atoms with Crippen molar-refractivity contribution < 1.29 is 13.3 Å². The molecule has 1 aliphatic rings. The van der Waals surface area contributed by atoms with Crippen LogP contribution in [0, 0.1) is 29.9 Å². The second-order valence-electron chi connectivity index (χ2n) is 6.95. The van der Waals surface area contributed by atoms with Gasteiger partial charge in [-0.3, -0.25) is 10.1 Å². The summed E-state index contributed by atoms with van der Waals surface area (Å²) in [5.41, 5.74) is 7.67. The molecule has 28 heavy (non-hydrogen) atoms. The molecule has 2 aromatic carbocycles. The lowest BCUT2D eigenvalue weighted by Crippen LogP contribution is -2.31. The zero-order valence-electron chi connectivity index (χ0n) is 15.7. The summed E-state index contributed by atoms with van der Waals surface area (Å²) in [6.07, 6.45) is 0. The van der Waals surface area contributed by atoms with Gasteiger partial charge in [-0.15, -0.1) is 12.4 Å². The van der Waals surface area contributed by atoms with E-state index in [1.165, 1.54) is 10.4 Å². The van der Waals surface area contributed by atoms with Gasteiger partial charge >= 0.3 is 0 Å².